The van der Waals surface area contributed by atoms with Gasteiger partial charge in [0.25, 0.3) is 0 Å². The van der Waals surface area contributed by atoms with Crippen LogP contribution in [0.3, 0.4) is 0 Å². The number of allylic oxidation sites excluding steroid dienone is 8. The molecule has 566 valence electrons. The minimum absolute atomic E-state index is 0.0351. The molecule has 2 unspecified atom stereocenters. The van der Waals surface area contributed by atoms with E-state index in [2.05, 4.69) is 62.5 Å². The summed E-state index contributed by atoms with van der Waals surface area (Å²) >= 11 is 0. The topological polar surface area (TPSA) is 108 Å². The SMILES string of the molecule is CC/C=C\C/C=C\C/C=C\C/C=C\CCCCCCCCCCCCCCCCCCCCCCCCC(=O)OC(COC(=O)CCCCCCCCCCCCCCCCCCCCCCCCCCCCCCCCCCCCCCC)COP(=O)(O)OCC[N+](C)(C)C. The molecule has 0 aliphatic heterocycles. The van der Waals surface area contributed by atoms with Crippen LogP contribution in [0.25, 0.3) is 0 Å². The van der Waals surface area contributed by atoms with E-state index in [1.807, 2.05) is 21.1 Å². The molecule has 10 heteroatoms. The summed E-state index contributed by atoms with van der Waals surface area (Å²) < 4.78 is 34.9. The maximum absolute atomic E-state index is 12.9. The molecule has 0 heterocycles. The first-order chi connectivity index (χ1) is 47.0. The van der Waals surface area contributed by atoms with E-state index in [0.717, 1.165) is 57.8 Å². The minimum atomic E-state index is -4.39. The monoisotopic (exact) mass is 1370 g/mol. The highest BCUT2D eigenvalue weighted by Crippen LogP contribution is 2.43. The van der Waals surface area contributed by atoms with E-state index in [0.29, 0.717) is 23.9 Å². The van der Waals surface area contributed by atoms with Crippen molar-refractivity contribution in [3.8, 4) is 0 Å². The molecule has 1 N–H and O–H groups in total. The normalized spacial score (nSPS) is 13.2. The highest BCUT2D eigenvalue weighted by atomic mass is 31.2. The van der Waals surface area contributed by atoms with Crippen molar-refractivity contribution in [2.75, 3.05) is 47.5 Å². The highest BCUT2D eigenvalue weighted by Gasteiger charge is 2.27. The van der Waals surface area contributed by atoms with Gasteiger partial charge in [0.05, 0.1) is 27.7 Å². The second-order valence-corrected chi connectivity index (χ2v) is 31.7. The molecule has 96 heavy (non-hydrogen) atoms. The van der Waals surface area contributed by atoms with Crippen molar-refractivity contribution in [2.24, 2.45) is 0 Å². The summed E-state index contributed by atoms with van der Waals surface area (Å²) in [5.74, 6) is -0.770. The number of esters is 2. The molecule has 0 aromatic carbocycles. The number of hydrogen-bond acceptors (Lipinski definition) is 7. The highest BCUT2D eigenvalue weighted by molar-refractivity contribution is 7.47. The summed E-state index contributed by atoms with van der Waals surface area (Å²) in [4.78, 5) is 36.0. The van der Waals surface area contributed by atoms with Gasteiger partial charge < -0.3 is 18.9 Å². The number of quaternary nitrogens is 1. The Labute approximate surface area is 598 Å². The van der Waals surface area contributed by atoms with Crippen molar-refractivity contribution >= 4 is 19.8 Å². The number of carbonyl (C=O) groups excluding carboxylic acids is 2. The lowest BCUT2D eigenvalue weighted by atomic mass is 10.0. The third-order valence-corrected chi connectivity index (χ3v) is 20.4. The zero-order chi connectivity index (χ0) is 69.7. The quantitative estimate of drug-likeness (QED) is 0.0211. The van der Waals surface area contributed by atoms with Gasteiger partial charge in [0.15, 0.2) is 6.10 Å². The second-order valence-electron chi connectivity index (χ2n) is 30.2. The van der Waals surface area contributed by atoms with E-state index in [1.165, 1.54) is 347 Å². The predicted octanol–water partition coefficient (Wildman–Crippen LogP) is 28.3. The molecule has 2 atom stereocenters. The van der Waals surface area contributed by atoms with Crippen molar-refractivity contribution in [1.82, 2.24) is 0 Å². The molecular formula is C86H165NO8P+. The van der Waals surface area contributed by atoms with E-state index >= 15 is 0 Å². The molecule has 0 aliphatic rings. The lowest BCUT2D eigenvalue weighted by molar-refractivity contribution is -0.870. The van der Waals surface area contributed by atoms with Crippen molar-refractivity contribution in [2.45, 2.75) is 444 Å². The summed E-state index contributed by atoms with van der Waals surface area (Å²) in [6.45, 7) is 4.41. The third-order valence-electron chi connectivity index (χ3n) is 19.4. The van der Waals surface area contributed by atoms with Crippen molar-refractivity contribution in [1.29, 1.82) is 0 Å². The van der Waals surface area contributed by atoms with Crippen molar-refractivity contribution in [3.05, 3.63) is 48.6 Å². The number of ether oxygens (including phenoxy) is 2. The van der Waals surface area contributed by atoms with Gasteiger partial charge in [0.2, 0.25) is 0 Å². The van der Waals surface area contributed by atoms with Gasteiger partial charge in [0, 0.05) is 12.8 Å². The Balaban J connectivity index is 3.87. The van der Waals surface area contributed by atoms with E-state index in [1.54, 1.807) is 0 Å². The average Bonchev–Trinajstić information content (AvgIpc) is 2.74. The van der Waals surface area contributed by atoms with Gasteiger partial charge in [-0.1, -0.05) is 422 Å². The number of nitrogens with zero attached hydrogens (tertiary/aromatic N) is 1. The van der Waals surface area contributed by atoms with Gasteiger partial charge in [-0.15, -0.1) is 0 Å². The fourth-order valence-electron chi connectivity index (χ4n) is 13.0. The molecule has 0 bridgehead atoms. The number of phosphoric ester groups is 1. The summed E-state index contributed by atoms with van der Waals surface area (Å²) in [6, 6.07) is 0. The standard InChI is InChI=1S/C86H164NO8P/c1-6-8-10-12-14-16-18-20-22-24-26-28-30-32-34-36-38-40-42-43-45-46-48-50-52-54-56-58-60-62-64-66-68-70-72-74-76-78-85(88)92-82-84(83-94-96(90,91)93-81-80-87(3,4)5)95-86(89)79-77-75-73-71-69-67-65-63-61-59-57-55-53-51-49-47-44-41-39-37-35-33-31-29-27-25-23-21-19-17-15-13-11-9-7-2/h9,11,15,17,21,23,27,29,84H,6-8,10,12-14,16,18-20,22,24-26,28,30-83H2,1-5H3/p+1/b11-9-,17-15-,23-21-,29-27-. The number of unbranched alkanes of at least 4 members (excludes halogenated alkanes) is 58. The van der Waals surface area contributed by atoms with Crippen LogP contribution in [0.2, 0.25) is 0 Å². The molecule has 9 nitrogen and oxygen atoms in total. The van der Waals surface area contributed by atoms with E-state index in [9.17, 15) is 19.0 Å². The summed E-state index contributed by atoms with van der Waals surface area (Å²) in [5, 5.41) is 0. The van der Waals surface area contributed by atoms with Gasteiger partial charge in [-0.2, -0.15) is 0 Å². The molecule has 0 radical (unpaired) electrons. The lowest BCUT2D eigenvalue weighted by Gasteiger charge is -2.24. The number of hydrogen-bond donors (Lipinski definition) is 1. The molecular weight excluding hydrogens is 1210 g/mol. The van der Waals surface area contributed by atoms with Gasteiger partial charge >= 0.3 is 19.8 Å². The Morgan fingerprint density at radius 1 is 0.333 bits per heavy atom. The van der Waals surface area contributed by atoms with Crippen LogP contribution < -0.4 is 0 Å². The summed E-state index contributed by atoms with van der Waals surface area (Å²) in [5.41, 5.74) is 0. The first kappa shape index (κ1) is 94.0. The van der Waals surface area contributed by atoms with Crippen LogP contribution in [0.4, 0.5) is 0 Å². The lowest BCUT2D eigenvalue weighted by Crippen LogP contribution is -2.37. The zero-order valence-electron chi connectivity index (χ0n) is 64.9. The molecule has 0 saturated carbocycles. The molecule has 0 saturated heterocycles. The molecule has 0 aromatic rings. The van der Waals surface area contributed by atoms with Crippen LogP contribution in [0.15, 0.2) is 48.6 Å². The molecule has 0 spiro atoms. The average molecular weight is 1370 g/mol. The largest absolute Gasteiger partial charge is 0.472 e. The van der Waals surface area contributed by atoms with Crippen LogP contribution in [-0.2, 0) is 32.7 Å². The fraction of sp³-hybridized carbons (Fsp3) is 0.884. The summed E-state index contributed by atoms with van der Waals surface area (Å²) in [6.07, 6.45) is 103. The molecule has 0 aliphatic carbocycles. The van der Waals surface area contributed by atoms with Crippen LogP contribution in [0, 0.1) is 0 Å². The second kappa shape index (κ2) is 77.1. The minimum Gasteiger partial charge on any atom is -0.462 e. The first-order valence-electron chi connectivity index (χ1n) is 42.4. The van der Waals surface area contributed by atoms with Crippen LogP contribution in [0.5, 0.6) is 0 Å². The van der Waals surface area contributed by atoms with Gasteiger partial charge in [0.1, 0.15) is 19.8 Å². The van der Waals surface area contributed by atoms with Gasteiger partial charge in [-0.25, -0.2) is 4.57 Å². The van der Waals surface area contributed by atoms with Crippen molar-refractivity contribution < 1.29 is 42.1 Å². The predicted molar refractivity (Wildman–Crippen MR) is 418 cm³/mol. The van der Waals surface area contributed by atoms with Crippen LogP contribution in [0.1, 0.15) is 438 Å². The Morgan fingerprint density at radius 2 is 0.594 bits per heavy atom. The Bertz CT molecular complexity index is 1760. The van der Waals surface area contributed by atoms with Gasteiger partial charge in [-0.05, 0) is 51.4 Å². The first-order valence-corrected chi connectivity index (χ1v) is 43.9. The van der Waals surface area contributed by atoms with Crippen molar-refractivity contribution in [3.63, 3.8) is 0 Å². The zero-order valence-corrected chi connectivity index (χ0v) is 65.8. The van der Waals surface area contributed by atoms with Gasteiger partial charge in [-0.3, -0.25) is 18.6 Å². The Morgan fingerprint density at radius 3 is 0.885 bits per heavy atom. The maximum atomic E-state index is 12.9. The Hall–Kier alpha value is -2.03. The van der Waals surface area contributed by atoms with E-state index < -0.39 is 26.5 Å². The van der Waals surface area contributed by atoms with Crippen LogP contribution >= 0.6 is 7.82 Å². The smallest absolute Gasteiger partial charge is 0.462 e. The number of phosphoric acid groups is 1. The maximum Gasteiger partial charge on any atom is 0.472 e. The molecule has 0 rings (SSSR count). The molecule has 0 amide bonds. The third kappa shape index (κ3) is 80.9. The van der Waals surface area contributed by atoms with Crippen LogP contribution in [-0.4, -0.2) is 74.9 Å². The van der Waals surface area contributed by atoms with E-state index in [-0.39, 0.29) is 25.6 Å². The fourth-order valence-corrected chi connectivity index (χ4v) is 13.7. The molecule has 0 fully saturated rings. The number of carbonyl (C=O) groups is 2. The Kier molecular flexibility index (Phi) is 75.5. The summed E-state index contributed by atoms with van der Waals surface area (Å²) in [7, 11) is 1.50. The van der Waals surface area contributed by atoms with E-state index in [4.69, 9.17) is 18.5 Å². The number of rotatable bonds is 80. The number of likely N-dealkylation sites (N-methyl/N-ethyl adjacent to an activating group) is 1. The molecule has 0 aromatic heterocycles.